The first-order valence-electron chi connectivity index (χ1n) is 14.9. The Balaban J connectivity index is 0.00000468. The minimum absolute atomic E-state index is 0. The maximum absolute atomic E-state index is 14.0. The number of rotatable bonds is 11. The number of fused-ring (bicyclic) bond motifs is 1. The van der Waals surface area contributed by atoms with Crippen LogP contribution in [0.2, 0.25) is 0 Å². The van der Waals surface area contributed by atoms with Crippen molar-refractivity contribution >= 4 is 70.9 Å². The fourth-order valence-corrected chi connectivity index (χ4v) is 9.26. The predicted octanol–water partition coefficient (Wildman–Crippen LogP) is -2.09. The van der Waals surface area contributed by atoms with Crippen molar-refractivity contribution in [2.75, 3.05) is 28.8 Å². The Labute approximate surface area is 316 Å². The number of β-lactam (4-membered cyclic amide) rings is 1. The number of carboxylic acid groups (broad SMARTS) is 1. The standard InChI is InChI=1S/C29H33N9O7S3.Na/c1-36-32-11-19(48-36)46-12-15-13-47-26-20(25(42)38(26)22(15)27(43)44)34-24(41)21(14-6-8-17(39)9-7-14)37(28(30)45)18-10-31-29(35-23(18)40)33-16-4-2-3-5-16;/h6-11,16,20-21,26,32,39H,2-5,12-13H2,1H3,(H2,30,45)(H,34,41)(H,43,44)(H2,31,33,35,40);/q;+1/p-1/t20?,21?,26-;/m0./s1. The minimum Gasteiger partial charge on any atom is -0.543 e. The van der Waals surface area contributed by atoms with Gasteiger partial charge in [0.2, 0.25) is 17.7 Å². The third kappa shape index (κ3) is 7.87. The summed E-state index contributed by atoms with van der Waals surface area (Å²) in [6.45, 7) is 0. The smallest absolute Gasteiger partial charge is 0.543 e. The number of urea groups is 1. The average molecular weight is 738 g/mol. The fourth-order valence-electron chi connectivity index (χ4n) is 5.89. The van der Waals surface area contributed by atoms with Gasteiger partial charge in [0.15, 0.2) is 0 Å². The van der Waals surface area contributed by atoms with Crippen LogP contribution < -0.4 is 61.4 Å². The van der Waals surface area contributed by atoms with Gasteiger partial charge in [0, 0.05) is 30.8 Å². The summed E-state index contributed by atoms with van der Waals surface area (Å²) in [4.78, 5) is 62.9. The second-order valence-corrected chi connectivity index (χ2v) is 14.9. The van der Waals surface area contributed by atoms with Gasteiger partial charge in [0.05, 0.1) is 22.1 Å². The number of carbonyl (C=O) groups excluding carboxylic acids is 4. The minimum atomic E-state index is -1.55. The topological polar surface area (TPSA) is 229 Å². The van der Waals surface area contributed by atoms with Crippen LogP contribution in [0.3, 0.4) is 0 Å². The third-order valence-electron chi connectivity index (χ3n) is 8.17. The molecule has 16 nitrogen and oxygen atoms in total. The number of aliphatic carboxylic acids is 1. The third-order valence-corrected chi connectivity index (χ3v) is 11.7. The van der Waals surface area contributed by atoms with E-state index in [1.165, 1.54) is 65.9 Å². The molecule has 1 aromatic heterocycles. The van der Waals surface area contributed by atoms with Crippen LogP contribution in [0.15, 0.2) is 52.2 Å². The first-order valence-corrected chi connectivity index (χ1v) is 17.7. The molecular formula is C29H32N9NaO7S3. The van der Waals surface area contributed by atoms with E-state index in [1.807, 2.05) is 7.05 Å². The van der Waals surface area contributed by atoms with E-state index in [4.69, 9.17) is 5.73 Å². The van der Waals surface area contributed by atoms with Crippen LogP contribution in [0, 0.1) is 0 Å². The van der Waals surface area contributed by atoms with Gasteiger partial charge in [0.1, 0.15) is 28.9 Å². The number of aromatic hydroxyl groups is 2. The zero-order valence-electron chi connectivity index (χ0n) is 26.5. The van der Waals surface area contributed by atoms with Crippen LogP contribution in [0.25, 0.3) is 0 Å². The van der Waals surface area contributed by atoms with Gasteiger partial charge in [0.25, 0.3) is 5.91 Å². The molecule has 1 saturated carbocycles. The molecule has 1 aromatic carbocycles. The Kier molecular flexibility index (Phi) is 11.8. The Morgan fingerprint density at radius 3 is 2.55 bits per heavy atom. The zero-order valence-corrected chi connectivity index (χ0v) is 30.9. The van der Waals surface area contributed by atoms with E-state index in [-0.39, 0.29) is 70.0 Å². The first-order chi connectivity index (χ1) is 23.0. The Bertz CT molecular complexity index is 1690. The van der Waals surface area contributed by atoms with E-state index in [0.29, 0.717) is 11.3 Å². The second-order valence-electron chi connectivity index (χ2n) is 11.3. The van der Waals surface area contributed by atoms with Gasteiger partial charge in [-0.15, -0.1) is 23.5 Å². The number of amides is 4. The zero-order chi connectivity index (χ0) is 34.1. The van der Waals surface area contributed by atoms with Crippen LogP contribution in [-0.2, 0) is 14.4 Å². The molecule has 4 aliphatic rings. The Morgan fingerprint density at radius 2 is 1.94 bits per heavy atom. The molecule has 3 aliphatic heterocycles. The number of hydrazine groups is 1. The number of nitrogens with zero attached hydrogens (tertiary/aromatic N) is 5. The fraction of sp³-hybridized carbons (Fsp3) is 0.379. The van der Waals surface area contributed by atoms with Crippen LogP contribution in [0.1, 0.15) is 37.3 Å². The van der Waals surface area contributed by atoms with Crippen molar-refractivity contribution < 1.29 is 64.1 Å². The molecule has 49 heavy (non-hydrogen) atoms. The molecule has 4 heterocycles. The van der Waals surface area contributed by atoms with E-state index >= 15 is 0 Å². The molecule has 0 spiro atoms. The van der Waals surface area contributed by atoms with Gasteiger partial charge in [-0.25, -0.2) is 9.78 Å². The summed E-state index contributed by atoms with van der Waals surface area (Å²) in [5, 5.41) is 38.1. The second kappa shape index (κ2) is 15.7. The Morgan fingerprint density at radius 1 is 1.22 bits per heavy atom. The number of thioether (sulfide) groups is 2. The Hall–Kier alpha value is -3.33. The van der Waals surface area contributed by atoms with Crippen LogP contribution in [-0.4, -0.2) is 89.3 Å². The maximum atomic E-state index is 14.0. The van der Waals surface area contributed by atoms with Crippen LogP contribution >= 0.6 is 35.5 Å². The number of carboxylic acids is 1. The number of primary amides is 1. The molecule has 2 aromatic rings. The van der Waals surface area contributed by atoms with E-state index in [2.05, 4.69) is 26.0 Å². The summed E-state index contributed by atoms with van der Waals surface area (Å²) in [6, 6.07) is 1.70. The summed E-state index contributed by atoms with van der Waals surface area (Å²) in [5.74, 6) is -3.01. The summed E-state index contributed by atoms with van der Waals surface area (Å²) in [5.41, 5.74) is 8.99. The molecule has 0 bridgehead atoms. The number of phenols is 1. The van der Waals surface area contributed by atoms with Crippen molar-refractivity contribution in [2.45, 2.75) is 49.2 Å². The van der Waals surface area contributed by atoms with Gasteiger partial charge in [-0.2, -0.15) is 9.40 Å². The molecule has 4 amide bonds. The predicted molar refractivity (Wildman–Crippen MR) is 179 cm³/mol. The maximum Gasteiger partial charge on any atom is 1.00 e. The number of anilines is 2. The summed E-state index contributed by atoms with van der Waals surface area (Å²) in [6.07, 6.45) is 6.92. The molecule has 1 saturated heterocycles. The van der Waals surface area contributed by atoms with Gasteiger partial charge in [-0.1, -0.05) is 25.0 Å². The number of nitrogens with two attached hydrogens (primary N) is 1. The quantitative estimate of drug-likeness (QED) is 0.0825. The number of phenolic OH excluding ortho intramolecular Hbond substituents is 1. The molecule has 1 aliphatic carbocycles. The molecule has 2 unspecified atom stereocenters. The molecule has 3 atom stereocenters. The molecule has 7 N–H and O–H groups in total. The molecular weight excluding hydrogens is 706 g/mol. The number of hydrogen-bond acceptors (Lipinski definition) is 15. The molecule has 0 radical (unpaired) electrons. The first kappa shape index (κ1) is 36.9. The molecule has 20 heteroatoms. The SMILES string of the molecule is CN1NC=C(SCC2=C(C(=O)[O-])N3C(=O)C(NC(=O)C(c4ccc(O)cc4)N(C(N)=O)c4cnc(NC5CCCC5)nc4O)[C@@H]3SC2)S1.[Na+]. The van der Waals surface area contributed by atoms with Crippen LogP contribution in [0.5, 0.6) is 11.6 Å². The van der Waals surface area contributed by atoms with Crippen molar-refractivity contribution in [3.63, 3.8) is 0 Å². The van der Waals surface area contributed by atoms with Gasteiger partial charge >= 0.3 is 35.6 Å². The summed E-state index contributed by atoms with van der Waals surface area (Å²) >= 11 is 4.15. The van der Waals surface area contributed by atoms with E-state index in [1.54, 1.807) is 10.6 Å². The number of benzene rings is 1. The van der Waals surface area contributed by atoms with Crippen LogP contribution in [0.4, 0.5) is 16.4 Å². The molecule has 6 rings (SSSR count). The number of nitrogens with one attached hydrogen (secondary N) is 3. The summed E-state index contributed by atoms with van der Waals surface area (Å²) in [7, 11) is 1.84. The van der Waals surface area contributed by atoms with Crippen molar-refractivity contribution in [1.29, 1.82) is 0 Å². The van der Waals surface area contributed by atoms with Crippen molar-refractivity contribution in [1.82, 2.24) is 30.0 Å². The van der Waals surface area contributed by atoms with Gasteiger partial charge in [-0.3, -0.25) is 19.4 Å². The summed E-state index contributed by atoms with van der Waals surface area (Å²) < 4.78 is 2.71. The molecule has 254 valence electrons. The van der Waals surface area contributed by atoms with Crippen molar-refractivity contribution in [2.24, 2.45) is 5.73 Å². The van der Waals surface area contributed by atoms with E-state index in [9.17, 15) is 34.5 Å². The number of aromatic nitrogens is 2. The monoisotopic (exact) mass is 737 g/mol. The largest absolute Gasteiger partial charge is 1.00 e. The average Bonchev–Trinajstić information content (AvgIpc) is 3.73. The van der Waals surface area contributed by atoms with E-state index < -0.39 is 47.2 Å². The number of carbonyl (C=O) groups is 4. The van der Waals surface area contributed by atoms with E-state index in [0.717, 1.165) is 39.7 Å². The van der Waals surface area contributed by atoms with Crippen molar-refractivity contribution in [3.05, 3.63) is 57.7 Å². The van der Waals surface area contributed by atoms with Gasteiger partial charge in [-0.05, 0) is 48.1 Å². The van der Waals surface area contributed by atoms with Gasteiger partial charge < -0.3 is 41.9 Å². The normalized spacial score (nSPS) is 21.1. The van der Waals surface area contributed by atoms with Crippen molar-refractivity contribution in [3.8, 4) is 11.6 Å². The molecule has 2 fully saturated rings. The number of hydrogen-bond donors (Lipinski definition) is 6.